The zero-order valence-electron chi connectivity index (χ0n) is 21.1. The van der Waals surface area contributed by atoms with Gasteiger partial charge in [0, 0.05) is 12.1 Å². The number of unbranched alkanes of at least 4 members (excludes halogenated alkanes) is 3. The topological polar surface area (TPSA) is 9.23 Å². The van der Waals surface area contributed by atoms with Gasteiger partial charge in [-0.1, -0.05) is 100 Å². The number of ether oxygens (including phenoxy) is 1. The van der Waals surface area contributed by atoms with Crippen LogP contribution in [0.4, 0.5) is 0 Å². The summed E-state index contributed by atoms with van der Waals surface area (Å²) in [6, 6.07) is 18.5. The molecule has 2 aliphatic carbocycles. The fraction of sp³-hybridized carbons (Fsp3) is 0.600. The van der Waals surface area contributed by atoms with Crippen molar-refractivity contribution in [2.24, 2.45) is 5.92 Å². The van der Waals surface area contributed by atoms with Crippen LogP contribution >= 0.6 is 0 Å². The summed E-state index contributed by atoms with van der Waals surface area (Å²) in [5.41, 5.74) is 7.86. The average Bonchev–Trinajstić information content (AvgIpc) is 3.36. The predicted octanol–water partition coefficient (Wildman–Crippen LogP) is 8.98. The average molecular weight is 449 g/mol. The van der Waals surface area contributed by atoms with Gasteiger partial charge in [0.1, 0.15) is 0 Å². The fourth-order valence-corrected chi connectivity index (χ4v) is 10.9. The van der Waals surface area contributed by atoms with E-state index in [-0.39, 0.29) is 5.60 Å². The van der Waals surface area contributed by atoms with E-state index in [0.29, 0.717) is 5.54 Å². The van der Waals surface area contributed by atoms with Crippen LogP contribution < -0.4 is 0 Å². The molecule has 2 atom stereocenters. The van der Waals surface area contributed by atoms with Crippen molar-refractivity contribution in [2.45, 2.75) is 102 Å². The molecule has 0 saturated heterocycles. The van der Waals surface area contributed by atoms with Crippen LogP contribution in [-0.2, 0) is 4.74 Å². The van der Waals surface area contributed by atoms with Gasteiger partial charge >= 0.3 is 0 Å². The van der Waals surface area contributed by atoms with Crippen molar-refractivity contribution in [3.8, 4) is 11.1 Å². The Morgan fingerprint density at radius 2 is 1.41 bits per heavy atom. The Morgan fingerprint density at radius 3 is 2.03 bits per heavy atom. The van der Waals surface area contributed by atoms with E-state index in [4.69, 9.17) is 4.74 Å². The molecule has 1 nitrogen and oxygen atoms in total. The second-order valence-corrected chi connectivity index (χ2v) is 17.0. The first-order chi connectivity index (χ1) is 15.3. The highest BCUT2D eigenvalue weighted by molar-refractivity contribution is 6.81. The molecular weight excluding hydrogens is 404 g/mol. The maximum Gasteiger partial charge on any atom is 0.0635 e. The van der Waals surface area contributed by atoms with E-state index in [1.165, 1.54) is 62.5 Å². The van der Waals surface area contributed by atoms with Crippen LogP contribution in [0.1, 0.15) is 88.8 Å². The lowest BCUT2D eigenvalue weighted by Crippen LogP contribution is -2.39. The van der Waals surface area contributed by atoms with Crippen LogP contribution in [0.25, 0.3) is 11.1 Å². The van der Waals surface area contributed by atoms with Gasteiger partial charge in [-0.25, -0.2) is 0 Å². The molecule has 2 aromatic rings. The molecule has 32 heavy (non-hydrogen) atoms. The highest BCUT2D eigenvalue weighted by Gasteiger charge is 2.47. The van der Waals surface area contributed by atoms with Gasteiger partial charge in [0.2, 0.25) is 0 Å². The van der Waals surface area contributed by atoms with Crippen LogP contribution in [0.2, 0.25) is 18.6 Å². The van der Waals surface area contributed by atoms with Crippen molar-refractivity contribution in [1.29, 1.82) is 0 Å². The van der Waals surface area contributed by atoms with Crippen molar-refractivity contribution in [2.75, 3.05) is 6.61 Å². The van der Waals surface area contributed by atoms with E-state index < -0.39 is 8.07 Å². The Labute approximate surface area is 198 Å². The predicted molar refractivity (Wildman–Crippen MR) is 141 cm³/mol. The maximum atomic E-state index is 5.86. The highest BCUT2D eigenvalue weighted by atomic mass is 28.3. The normalized spacial score (nSPS) is 21.0. The lowest BCUT2D eigenvalue weighted by Gasteiger charge is -2.37. The van der Waals surface area contributed by atoms with Crippen LogP contribution in [0.3, 0.4) is 0 Å². The molecular formula is C30H44OSi. The van der Waals surface area contributed by atoms with E-state index >= 15 is 0 Å². The Balaban J connectivity index is 1.31. The molecule has 0 bridgehead atoms. The zero-order chi connectivity index (χ0) is 22.8. The van der Waals surface area contributed by atoms with E-state index in [1.54, 1.807) is 11.1 Å². The molecule has 1 fully saturated rings. The van der Waals surface area contributed by atoms with Gasteiger partial charge in [0.15, 0.2) is 0 Å². The Morgan fingerprint density at radius 1 is 0.812 bits per heavy atom. The van der Waals surface area contributed by atoms with Crippen molar-refractivity contribution >= 4 is 8.07 Å². The molecule has 2 aliphatic rings. The van der Waals surface area contributed by atoms with Gasteiger partial charge in [0.05, 0.1) is 13.7 Å². The first-order valence-corrected chi connectivity index (χ1v) is 16.2. The van der Waals surface area contributed by atoms with Gasteiger partial charge < -0.3 is 4.74 Å². The van der Waals surface area contributed by atoms with Crippen LogP contribution in [0.5, 0.6) is 0 Å². The van der Waals surface area contributed by atoms with Gasteiger partial charge in [-0.3, -0.25) is 0 Å². The first kappa shape index (κ1) is 23.8. The SMILES string of the molecule is CC(C)(C)OCCCCCCC1CCC([Si](C)(C)C2c3ccccc3-c3ccccc32)C1. The standard InChI is InChI=1S/C30H44OSi/c1-30(2,3)31-21-13-7-6-8-14-23-19-20-24(22-23)32(4,5)29-27-17-11-9-15-25(27)26-16-10-12-18-28(26)29/h9-12,15-18,23-24,29H,6-8,13-14,19-22H2,1-5H3. The quantitative estimate of drug-likeness (QED) is 0.275. The van der Waals surface area contributed by atoms with Gasteiger partial charge in [-0.15, -0.1) is 0 Å². The molecule has 0 N–H and O–H groups in total. The lowest BCUT2D eigenvalue weighted by atomic mass is 9.99. The van der Waals surface area contributed by atoms with Gasteiger partial charge in [-0.2, -0.15) is 0 Å². The van der Waals surface area contributed by atoms with Gasteiger partial charge in [0.25, 0.3) is 0 Å². The molecule has 1 saturated carbocycles. The molecule has 4 rings (SSSR count). The molecule has 0 spiro atoms. The number of fused-ring (bicyclic) bond motifs is 3. The second kappa shape index (κ2) is 9.85. The van der Waals surface area contributed by atoms with Crippen molar-refractivity contribution in [1.82, 2.24) is 0 Å². The van der Waals surface area contributed by atoms with E-state index in [0.717, 1.165) is 18.1 Å². The van der Waals surface area contributed by atoms with E-state index in [9.17, 15) is 0 Å². The largest absolute Gasteiger partial charge is 0.376 e. The third kappa shape index (κ3) is 5.23. The zero-order valence-corrected chi connectivity index (χ0v) is 22.1. The van der Waals surface area contributed by atoms with Crippen LogP contribution in [0.15, 0.2) is 48.5 Å². The molecule has 2 aromatic carbocycles. The minimum atomic E-state index is -1.48. The maximum absolute atomic E-state index is 5.86. The summed E-state index contributed by atoms with van der Waals surface area (Å²) in [6.45, 7) is 12.8. The summed E-state index contributed by atoms with van der Waals surface area (Å²) in [7, 11) is -1.48. The number of hydrogen-bond acceptors (Lipinski definition) is 1. The van der Waals surface area contributed by atoms with E-state index in [2.05, 4.69) is 82.4 Å². The van der Waals surface area contributed by atoms with Crippen molar-refractivity contribution in [3.63, 3.8) is 0 Å². The third-order valence-electron chi connectivity index (χ3n) is 8.21. The van der Waals surface area contributed by atoms with Crippen molar-refractivity contribution in [3.05, 3.63) is 59.7 Å². The van der Waals surface area contributed by atoms with Crippen LogP contribution in [0, 0.1) is 5.92 Å². The summed E-state index contributed by atoms with van der Waals surface area (Å²) in [6.07, 6.45) is 11.2. The summed E-state index contributed by atoms with van der Waals surface area (Å²) in [5, 5.41) is 0. The molecule has 0 radical (unpaired) electrons. The van der Waals surface area contributed by atoms with Gasteiger partial charge in [-0.05, 0) is 67.3 Å². The molecule has 174 valence electrons. The first-order valence-electron chi connectivity index (χ1n) is 13.1. The molecule has 0 aromatic heterocycles. The van der Waals surface area contributed by atoms with Crippen molar-refractivity contribution < 1.29 is 4.74 Å². The highest BCUT2D eigenvalue weighted by Crippen LogP contribution is 2.55. The minimum absolute atomic E-state index is 0.00982. The van der Waals surface area contributed by atoms with E-state index in [1.807, 2.05) is 0 Å². The summed E-state index contributed by atoms with van der Waals surface area (Å²) < 4.78 is 5.86. The summed E-state index contributed by atoms with van der Waals surface area (Å²) in [5.74, 6) is 0.962. The fourth-order valence-electron chi connectivity index (χ4n) is 6.47. The minimum Gasteiger partial charge on any atom is -0.376 e. The van der Waals surface area contributed by atoms with Crippen LogP contribution in [-0.4, -0.2) is 20.3 Å². The number of rotatable bonds is 9. The Kier molecular flexibility index (Phi) is 7.32. The lowest BCUT2D eigenvalue weighted by molar-refractivity contribution is -0.00476. The molecule has 0 amide bonds. The second-order valence-electron chi connectivity index (χ2n) is 12.0. The smallest absolute Gasteiger partial charge is 0.0635 e. The summed E-state index contributed by atoms with van der Waals surface area (Å²) >= 11 is 0. The Bertz CT molecular complexity index is 848. The summed E-state index contributed by atoms with van der Waals surface area (Å²) in [4.78, 5) is 0. The molecule has 0 aliphatic heterocycles. The monoisotopic (exact) mass is 448 g/mol. The third-order valence-corrected chi connectivity index (χ3v) is 13.0. The molecule has 0 heterocycles. The number of benzene rings is 2. The molecule has 2 unspecified atom stereocenters. The molecule has 2 heteroatoms. The number of hydrogen-bond donors (Lipinski definition) is 0. The Hall–Kier alpha value is -1.38.